The monoisotopic (exact) mass is 595 g/mol. The number of rotatable bonds is 8. The number of alkyl halides is 6. The molecule has 0 fully saturated rings. The quantitative estimate of drug-likeness (QED) is 0.307. The van der Waals surface area contributed by atoms with E-state index in [0.29, 0.717) is 5.56 Å². The van der Waals surface area contributed by atoms with Crippen molar-refractivity contribution < 1.29 is 45.4 Å². The third-order valence-corrected chi connectivity index (χ3v) is 6.60. The molecule has 15 heteroatoms. The second-order valence-electron chi connectivity index (χ2n) is 9.89. The molecular weight excluding hydrogens is 568 g/mol. The molecule has 0 radical (unpaired) electrons. The van der Waals surface area contributed by atoms with E-state index in [4.69, 9.17) is 4.74 Å². The predicted molar refractivity (Wildman–Crippen MR) is 133 cm³/mol. The van der Waals surface area contributed by atoms with Crippen molar-refractivity contribution in [3.63, 3.8) is 0 Å². The molecule has 3 rings (SSSR count). The lowest BCUT2D eigenvalue weighted by Gasteiger charge is -2.22. The normalized spacial score (nSPS) is 15.4. The lowest BCUT2D eigenvalue weighted by Crippen LogP contribution is -2.38. The Morgan fingerprint density at radius 3 is 2.30 bits per heavy atom. The number of carbonyl (C=O) groups excluding carboxylic acids is 2. The van der Waals surface area contributed by atoms with Gasteiger partial charge in [0.1, 0.15) is 11.4 Å². The van der Waals surface area contributed by atoms with Crippen molar-refractivity contribution >= 4 is 23.8 Å². The van der Waals surface area contributed by atoms with Gasteiger partial charge in [-0.3, -0.25) is 9.59 Å². The fourth-order valence-corrected chi connectivity index (χ4v) is 5.07. The highest BCUT2D eigenvalue weighted by atomic mass is 32.2. The Bertz CT molecular complexity index is 1290. The molecule has 2 N–H and O–H groups in total. The Balaban J connectivity index is 1.92. The minimum absolute atomic E-state index is 0.0112. The van der Waals surface area contributed by atoms with Gasteiger partial charge in [0.25, 0.3) is 11.5 Å². The predicted octanol–water partition coefficient (Wildman–Crippen LogP) is 5.54. The Labute approximate surface area is 229 Å². The Morgan fingerprint density at radius 2 is 1.73 bits per heavy atom. The first-order valence-electron chi connectivity index (χ1n) is 12.0. The molecule has 8 nitrogen and oxygen atoms in total. The highest BCUT2D eigenvalue weighted by Gasteiger charge is 2.34. The van der Waals surface area contributed by atoms with Crippen molar-refractivity contribution in [3.8, 4) is 5.75 Å². The Kier molecular flexibility index (Phi) is 9.37. The number of alkyl carbamates (subject to hydrolysis) is 1. The fraction of sp³-hybridized carbons (Fsp3) is 0.480. The first-order valence-corrected chi connectivity index (χ1v) is 13.0. The number of benzene rings is 1. The molecule has 2 aromatic rings. The molecule has 0 spiro atoms. The van der Waals surface area contributed by atoms with E-state index in [9.17, 15) is 40.7 Å². The van der Waals surface area contributed by atoms with Gasteiger partial charge in [0.15, 0.2) is 0 Å². The SMILES string of the molecule is CC(C)(C)OC(=O)N[C@H]1CSc2c(C(=O)NCCCC(F)(F)F)cn(Cc3ccc(OC(F)(F)F)cc3)c(=O)c21. The van der Waals surface area contributed by atoms with E-state index in [1.165, 1.54) is 18.3 Å². The summed E-state index contributed by atoms with van der Waals surface area (Å²) in [6.45, 7) is 4.54. The van der Waals surface area contributed by atoms with E-state index in [0.717, 1.165) is 28.5 Å². The summed E-state index contributed by atoms with van der Waals surface area (Å²) in [6, 6.07) is 3.91. The maximum absolute atomic E-state index is 13.5. The van der Waals surface area contributed by atoms with Crippen LogP contribution in [0.4, 0.5) is 31.1 Å². The molecule has 0 saturated heterocycles. The van der Waals surface area contributed by atoms with Gasteiger partial charge in [0.05, 0.1) is 23.7 Å². The van der Waals surface area contributed by atoms with Crippen molar-refractivity contribution in [2.24, 2.45) is 0 Å². The summed E-state index contributed by atoms with van der Waals surface area (Å²) in [5, 5.41) is 5.04. The van der Waals surface area contributed by atoms with Crippen LogP contribution in [0.3, 0.4) is 0 Å². The number of pyridine rings is 1. The number of aromatic nitrogens is 1. The number of ether oxygens (including phenoxy) is 2. The maximum atomic E-state index is 13.5. The molecule has 2 amide bonds. The van der Waals surface area contributed by atoms with Gasteiger partial charge in [-0.15, -0.1) is 24.9 Å². The number of fused-ring (bicyclic) bond motifs is 1. The van der Waals surface area contributed by atoms with Crippen LogP contribution in [0.15, 0.2) is 40.2 Å². The number of carbonyl (C=O) groups is 2. The smallest absolute Gasteiger partial charge is 0.444 e. The van der Waals surface area contributed by atoms with E-state index in [1.54, 1.807) is 20.8 Å². The van der Waals surface area contributed by atoms with Gasteiger partial charge in [-0.25, -0.2) is 4.79 Å². The molecule has 1 aliphatic rings. The number of halogens is 6. The number of nitrogens with zero attached hydrogens (tertiary/aromatic N) is 1. The number of amides is 2. The summed E-state index contributed by atoms with van der Waals surface area (Å²) in [7, 11) is 0. The Hall–Kier alpha value is -3.36. The van der Waals surface area contributed by atoms with Gasteiger partial charge in [0, 0.05) is 29.8 Å². The van der Waals surface area contributed by atoms with Crippen LogP contribution in [-0.4, -0.2) is 47.0 Å². The molecule has 1 aromatic carbocycles. The first-order chi connectivity index (χ1) is 18.4. The molecule has 0 bridgehead atoms. The van der Waals surface area contributed by atoms with Crippen LogP contribution in [0.25, 0.3) is 0 Å². The van der Waals surface area contributed by atoms with Crippen LogP contribution in [0.2, 0.25) is 0 Å². The molecule has 1 atom stereocenters. The maximum Gasteiger partial charge on any atom is 0.573 e. The van der Waals surface area contributed by atoms with E-state index in [1.807, 2.05) is 0 Å². The number of thioether (sulfide) groups is 1. The summed E-state index contributed by atoms with van der Waals surface area (Å²) < 4.78 is 85.1. The number of hydrogen-bond donors (Lipinski definition) is 2. The van der Waals surface area contributed by atoms with Gasteiger partial charge in [-0.2, -0.15) is 13.2 Å². The minimum Gasteiger partial charge on any atom is -0.444 e. The van der Waals surface area contributed by atoms with E-state index >= 15 is 0 Å². The molecule has 40 heavy (non-hydrogen) atoms. The minimum atomic E-state index is -4.88. The van der Waals surface area contributed by atoms with E-state index in [2.05, 4.69) is 15.4 Å². The average molecular weight is 596 g/mol. The van der Waals surface area contributed by atoms with Crippen molar-refractivity contribution in [1.82, 2.24) is 15.2 Å². The summed E-state index contributed by atoms with van der Waals surface area (Å²) in [4.78, 5) is 39.1. The van der Waals surface area contributed by atoms with Crippen LogP contribution in [0.1, 0.15) is 61.1 Å². The molecular formula is C25H27F6N3O5S. The third kappa shape index (κ3) is 9.10. The van der Waals surface area contributed by atoms with Gasteiger partial charge < -0.3 is 24.7 Å². The standard InChI is InChI=1S/C25H27F6N3O5S/c1-23(2,3)39-22(37)33-17-13-40-19-16(20(35)32-10-4-9-24(26,27)28)12-34(21(36)18(17)19)11-14-5-7-15(8-6-14)38-25(29,30)31/h5-8,12,17H,4,9-11,13H2,1-3H3,(H,32,35)(H,33,37)/t17-/m0/s1. The highest BCUT2D eigenvalue weighted by Crippen LogP contribution is 2.39. The van der Waals surface area contributed by atoms with Crippen molar-refractivity contribution in [3.05, 3.63) is 57.5 Å². The first kappa shape index (κ1) is 31.2. The van der Waals surface area contributed by atoms with Crippen molar-refractivity contribution in [1.29, 1.82) is 0 Å². The highest BCUT2D eigenvalue weighted by molar-refractivity contribution is 7.99. The molecule has 0 aliphatic carbocycles. The molecule has 1 aliphatic heterocycles. The topological polar surface area (TPSA) is 98.7 Å². The third-order valence-electron chi connectivity index (χ3n) is 5.38. The summed E-state index contributed by atoms with van der Waals surface area (Å²) in [5.74, 6) is -0.993. The second kappa shape index (κ2) is 12.0. The van der Waals surface area contributed by atoms with Crippen LogP contribution in [-0.2, 0) is 11.3 Å². The average Bonchev–Trinajstić information content (AvgIpc) is 3.20. The van der Waals surface area contributed by atoms with E-state index in [-0.39, 0.29) is 41.3 Å². The van der Waals surface area contributed by atoms with Crippen molar-refractivity contribution in [2.75, 3.05) is 12.3 Å². The number of nitrogens with one attached hydrogen (secondary N) is 2. The summed E-state index contributed by atoms with van der Waals surface area (Å²) in [5.41, 5.74) is -0.882. The molecule has 1 aromatic heterocycles. The fourth-order valence-electron chi connectivity index (χ4n) is 3.80. The van der Waals surface area contributed by atoms with E-state index < -0.39 is 53.9 Å². The zero-order chi connectivity index (χ0) is 29.9. The zero-order valence-electron chi connectivity index (χ0n) is 21.7. The lowest BCUT2D eigenvalue weighted by molar-refractivity contribution is -0.274. The largest absolute Gasteiger partial charge is 0.573 e. The van der Waals surface area contributed by atoms with Gasteiger partial charge >= 0.3 is 18.6 Å². The zero-order valence-corrected chi connectivity index (χ0v) is 22.5. The second-order valence-corrected chi connectivity index (χ2v) is 10.9. The molecule has 0 saturated carbocycles. The van der Waals surface area contributed by atoms with Gasteiger partial charge in [-0.1, -0.05) is 12.1 Å². The molecule has 220 valence electrons. The summed E-state index contributed by atoms with van der Waals surface area (Å²) >= 11 is 1.12. The van der Waals surface area contributed by atoms with Gasteiger partial charge in [0.2, 0.25) is 0 Å². The van der Waals surface area contributed by atoms with Crippen LogP contribution in [0, 0.1) is 0 Å². The number of hydrogen-bond acceptors (Lipinski definition) is 6. The summed E-state index contributed by atoms with van der Waals surface area (Å²) in [6.07, 6.45) is -10.2. The van der Waals surface area contributed by atoms with Crippen LogP contribution in [0.5, 0.6) is 5.75 Å². The Morgan fingerprint density at radius 1 is 1.07 bits per heavy atom. The van der Waals surface area contributed by atoms with Crippen LogP contribution >= 0.6 is 11.8 Å². The molecule has 0 unspecified atom stereocenters. The van der Waals surface area contributed by atoms with Crippen molar-refractivity contribution in [2.45, 2.75) is 69.2 Å². The van der Waals surface area contributed by atoms with Gasteiger partial charge in [-0.05, 0) is 44.9 Å². The lowest BCUT2D eigenvalue weighted by atomic mass is 10.1. The van der Waals surface area contributed by atoms with Crippen LogP contribution < -0.4 is 20.9 Å². The molecule has 2 heterocycles.